The molecule has 0 bridgehead atoms. The Morgan fingerprint density at radius 3 is 2.68 bits per heavy atom. The number of carbonyl (C=O) groups is 1. The molecular formula is C15H23NO3. The number of para-hydroxylation sites is 1. The summed E-state index contributed by atoms with van der Waals surface area (Å²) < 4.78 is 5.21. The van der Waals surface area contributed by atoms with Gasteiger partial charge in [0.05, 0.1) is 13.5 Å². The van der Waals surface area contributed by atoms with Crippen LogP contribution in [0.25, 0.3) is 0 Å². The van der Waals surface area contributed by atoms with E-state index in [0.717, 1.165) is 37.0 Å². The highest BCUT2D eigenvalue weighted by Gasteiger charge is 2.07. The fourth-order valence-corrected chi connectivity index (χ4v) is 1.90. The molecule has 0 aliphatic heterocycles. The van der Waals surface area contributed by atoms with Crippen LogP contribution in [-0.2, 0) is 11.2 Å². The van der Waals surface area contributed by atoms with Gasteiger partial charge in [0.25, 0.3) is 0 Å². The van der Waals surface area contributed by atoms with Gasteiger partial charge in [0.1, 0.15) is 5.75 Å². The van der Waals surface area contributed by atoms with E-state index in [1.165, 1.54) is 0 Å². The van der Waals surface area contributed by atoms with Crippen molar-refractivity contribution in [2.45, 2.75) is 32.1 Å². The van der Waals surface area contributed by atoms with Crippen molar-refractivity contribution in [3.8, 4) is 5.75 Å². The third kappa shape index (κ3) is 6.25. The van der Waals surface area contributed by atoms with Crippen molar-refractivity contribution in [2.24, 2.45) is 0 Å². The highest BCUT2D eigenvalue weighted by Crippen LogP contribution is 2.17. The summed E-state index contributed by atoms with van der Waals surface area (Å²) in [5, 5.41) is 11.5. The van der Waals surface area contributed by atoms with Crippen LogP contribution >= 0.6 is 0 Å². The first kappa shape index (κ1) is 15.5. The topological polar surface area (TPSA) is 58.6 Å². The van der Waals surface area contributed by atoms with Crippen LogP contribution in [0.5, 0.6) is 5.75 Å². The molecule has 0 fully saturated rings. The number of unbranched alkanes of at least 4 members (excludes halogenated alkanes) is 3. The van der Waals surface area contributed by atoms with E-state index < -0.39 is 0 Å². The average Bonchev–Trinajstić information content (AvgIpc) is 2.43. The van der Waals surface area contributed by atoms with Crippen molar-refractivity contribution in [1.82, 2.24) is 5.32 Å². The van der Waals surface area contributed by atoms with Gasteiger partial charge in [0.2, 0.25) is 5.91 Å². The number of carbonyl (C=O) groups excluding carboxylic acids is 1. The number of hydrogen-bond donors (Lipinski definition) is 2. The van der Waals surface area contributed by atoms with Gasteiger partial charge in [-0.25, -0.2) is 0 Å². The molecule has 0 atom stereocenters. The number of aliphatic hydroxyl groups excluding tert-OH is 1. The van der Waals surface area contributed by atoms with E-state index in [4.69, 9.17) is 9.84 Å². The van der Waals surface area contributed by atoms with Crippen LogP contribution in [0.2, 0.25) is 0 Å². The summed E-state index contributed by atoms with van der Waals surface area (Å²) in [6, 6.07) is 7.55. The zero-order valence-corrected chi connectivity index (χ0v) is 11.5. The van der Waals surface area contributed by atoms with Gasteiger partial charge < -0.3 is 15.2 Å². The molecule has 0 saturated carbocycles. The van der Waals surface area contributed by atoms with Gasteiger partial charge in [0, 0.05) is 18.7 Å². The highest BCUT2D eigenvalue weighted by molar-refractivity contribution is 5.79. The Morgan fingerprint density at radius 2 is 1.95 bits per heavy atom. The standard InChI is InChI=1S/C15H23NO3/c1-19-14-9-5-4-8-13(14)12-15(18)16-10-6-2-3-7-11-17/h4-5,8-9,17H,2-3,6-7,10-12H2,1H3,(H,16,18). The molecule has 0 aliphatic rings. The maximum Gasteiger partial charge on any atom is 0.224 e. The van der Waals surface area contributed by atoms with E-state index in [9.17, 15) is 4.79 Å². The van der Waals surface area contributed by atoms with Crippen LogP contribution in [0.3, 0.4) is 0 Å². The SMILES string of the molecule is COc1ccccc1CC(=O)NCCCCCCO. The zero-order valence-electron chi connectivity index (χ0n) is 11.5. The van der Waals surface area contributed by atoms with Crippen LogP contribution < -0.4 is 10.1 Å². The van der Waals surface area contributed by atoms with Crippen molar-refractivity contribution in [3.05, 3.63) is 29.8 Å². The molecule has 1 rings (SSSR count). The van der Waals surface area contributed by atoms with Crippen molar-refractivity contribution < 1.29 is 14.6 Å². The molecule has 0 aliphatic carbocycles. The molecule has 0 saturated heterocycles. The smallest absolute Gasteiger partial charge is 0.224 e. The minimum atomic E-state index is 0.0201. The molecule has 1 amide bonds. The van der Waals surface area contributed by atoms with Crippen LogP contribution in [0.15, 0.2) is 24.3 Å². The summed E-state index contributed by atoms with van der Waals surface area (Å²) in [4.78, 5) is 11.8. The molecule has 0 aromatic heterocycles. The number of aliphatic hydroxyl groups is 1. The summed E-state index contributed by atoms with van der Waals surface area (Å²) in [6.45, 7) is 0.944. The maximum atomic E-state index is 11.8. The predicted octanol–water partition coefficient (Wildman–Crippen LogP) is 1.91. The lowest BCUT2D eigenvalue weighted by atomic mass is 10.1. The first-order chi connectivity index (χ1) is 9.27. The number of amides is 1. The summed E-state index contributed by atoms with van der Waals surface area (Å²) in [5.74, 6) is 0.771. The summed E-state index contributed by atoms with van der Waals surface area (Å²) >= 11 is 0. The second-order valence-electron chi connectivity index (χ2n) is 4.48. The van der Waals surface area contributed by atoms with E-state index in [1.54, 1.807) is 7.11 Å². The minimum absolute atomic E-state index is 0.0201. The van der Waals surface area contributed by atoms with Gasteiger partial charge in [-0.05, 0) is 18.9 Å². The Bertz CT molecular complexity index is 379. The van der Waals surface area contributed by atoms with E-state index in [0.29, 0.717) is 13.0 Å². The van der Waals surface area contributed by atoms with Crippen LogP contribution in [0.4, 0.5) is 0 Å². The third-order valence-electron chi connectivity index (χ3n) is 2.95. The molecule has 0 heterocycles. The predicted molar refractivity (Wildman–Crippen MR) is 75.3 cm³/mol. The van der Waals surface area contributed by atoms with Crippen LogP contribution in [-0.4, -0.2) is 31.3 Å². The summed E-state index contributed by atoms with van der Waals surface area (Å²) in [5.41, 5.74) is 0.905. The van der Waals surface area contributed by atoms with Crippen LogP contribution in [0, 0.1) is 0 Å². The van der Waals surface area contributed by atoms with Gasteiger partial charge in [-0.1, -0.05) is 31.0 Å². The molecule has 1 aromatic rings. The molecule has 106 valence electrons. The number of benzene rings is 1. The Morgan fingerprint density at radius 1 is 1.21 bits per heavy atom. The Labute approximate surface area is 114 Å². The second kappa shape index (κ2) is 9.39. The number of methoxy groups -OCH3 is 1. The highest BCUT2D eigenvalue weighted by atomic mass is 16.5. The Hall–Kier alpha value is -1.55. The molecule has 1 aromatic carbocycles. The number of nitrogens with one attached hydrogen (secondary N) is 1. The average molecular weight is 265 g/mol. The van der Waals surface area contributed by atoms with Gasteiger partial charge >= 0.3 is 0 Å². The largest absolute Gasteiger partial charge is 0.496 e. The van der Waals surface area contributed by atoms with Gasteiger partial charge in [-0.15, -0.1) is 0 Å². The number of ether oxygens (including phenoxy) is 1. The lowest BCUT2D eigenvalue weighted by molar-refractivity contribution is -0.120. The van der Waals surface area contributed by atoms with E-state index in [-0.39, 0.29) is 12.5 Å². The van der Waals surface area contributed by atoms with Crippen molar-refractivity contribution in [1.29, 1.82) is 0 Å². The molecule has 19 heavy (non-hydrogen) atoms. The van der Waals surface area contributed by atoms with Crippen LogP contribution in [0.1, 0.15) is 31.2 Å². The number of hydrogen-bond acceptors (Lipinski definition) is 3. The fraction of sp³-hybridized carbons (Fsp3) is 0.533. The molecule has 4 nitrogen and oxygen atoms in total. The Kier molecular flexibility index (Phi) is 7.66. The van der Waals surface area contributed by atoms with Gasteiger partial charge in [0.15, 0.2) is 0 Å². The van der Waals surface area contributed by atoms with E-state index in [2.05, 4.69) is 5.32 Å². The summed E-state index contributed by atoms with van der Waals surface area (Å²) in [7, 11) is 1.61. The quantitative estimate of drug-likeness (QED) is 0.671. The molecule has 4 heteroatoms. The van der Waals surface area contributed by atoms with Gasteiger partial charge in [-0.2, -0.15) is 0 Å². The summed E-state index contributed by atoms with van der Waals surface area (Å²) in [6.07, 6.45) is 4.20. The van der Waals surface area contributed by atoms with Crippen molar-refractivity contribution in [2.75, 3.05) is 20.3 Å². The van der Waals surface area contributed by atoms with E-state index in [1.807, 2.05) is 24.3 Å². The first-order valence-corrected chi connectivity index (χ1v) is 6.77. The molecule has 0 spiro atoms. The molecular weight excluding hydrogens is 242 g/mol. The maximum absolute atomic E-state index is 11.8. The fourth-order valence-electron chi connectivity index (χ4n) is 1.90. The number of rotatable bonds is 9. The van der Waals surface area contributed by atoms with Gasteiger partial charge in [-0.3, -0.25) is 4.79 Å². The molecule has 0 unspecified atom stereocenters. The molecule has 0 radical (unpaired) electrons. The lowest BCUT2D eigenvalue weighted by Crippen LogP contribution is -2.26. The van der Waals surface area contributed by atoms with Crippen molar-refractivity contribution >= 4 is 5.91 Å². The lowest BCUT2D eigenvalue weighted by Gasteiger charge is -2.08. The monoisotopic (exact) mass is 265 g/mol. The zero-order chi connectivity index (χ0) is 13.9. The second-order valence-corrected chi connectivity index (χ2v) is 4.48. The first-order valence-electron chi connectivity index (χ1n) is 6.77. The normalized spacial score (nSPS) is 10.2. The molecule has 2 N–H and O–H groups in total. The van der Waals surface area contributed by atoms with E-state index >= 15 is 0 Å². The Balaban J connectivity index is 2.23. The van der Waals surface area contributed by atoms with Crippen molar-refractivity contribution in [3.63, 3.8) is 0 Å². The minimum Gasteiger partial charge on any atom is -0.496 e. The third-order valence-corrected chi connectivity index (χ3v) is 2.95.